The number of aryl methyl sites for hydroxylation is 1. The molecule has 3 heteroatoms. The molecule has 2 N–H and O–H groups in total. The fourth-order valence-corrected chi connectivity index (χ4v) is 2.43. The van der Waals surface area contributed by atoms with Crippen molar-refractivity contribution in [1.82, 2.24) is 0 Å². The van der Waals surface area contributed by atoms with E-state index in [9.17, 15) is 0 Å². The quantitative estimate of drug-likeness (QED) is 0.849. The summed E-state index contributed by atoms with van der Waals surface area (Å²) in [5.41, 5.74) is 9.69. The number of benzene rings is 2. The normalized spacial score (nSPS) is 12.0. The summed E-state index contributed by atoms with van der Waals surface area (Å²) in [7, 11) is 4.11. The minimum Gasteiger partial charge on any atom is -0.494 e. The minimum atomic E-state index is 0.324. The highest BCUT2D eigenvalue weighted by molar-refractivity contribution is 5.48. The molecule has 0 fully saturated rings. The maximum absolute atomic E-state index is 5.96. The number of ether oxygens (including phenoxy) is 1. The molecule has 1 unspecified atom stereocenters. The SMILES string of the molecule is Cc1ccc(OCCC(CN)c2cccc(N(C)C)c2)cc1. The van der Waals surface area contributed by atoms with Crippen LogP contribution in [0.2, 0.25) is 0 Å². The summed E-state index contributed by atoms with van der Waals surface area (Å²) < 4.78 is 5.83. The van der Waals surface area contributed by atoms with Gasteiger partial charge in [0.25, 0.3) is 0 Å². The zero-order valence-corrected chi connectivity index (χ0v) is 13.8. The van der Waals surface area contributed by atoms with E-state index in [-0.39, 0.29) is 0 Å². The molecule has 1 atom stereocenters. The Balaban J connectivity index is 1.94. The lowest BCUT2D eigenvalue weighted by Crippen LogP contribution is -2.16. The zero-order chi connectivity index (χ0) is 15.9. The number of hydrogen-bond donors (Lipinski definition) is 1. The molecule has 118 valence electrons. The molecule has 2 aromatic rings. The summed E-state index contributed by atoms with van der Waals surface area (Å²) >= 11 is 0. The molecule has 0 spiro atoms. The summed E-state index contributed by atoms with van der Waals surface area (Å²) in [6, 6.07) is 16.7. The second-order valence-corrected chi connectivity index (χ2v) is 5.87. The average molecular weight is 298 g/mol. The molecule has 0 radical (unpaired) electrons. The molecular formula is C19H26N2O. The van der Waals surface area contributed by atoms with E-state index in [0.29, 0.717) is 19.1 Å². The van der Waals surface area contributed by atoms with E-state index < -0.39 is 0 Å². The van der Waals surface area contributed by atoms with Crippen LogP contribution in [0.1, 0.15) is 23.5 Å². The fourth-order valence-electron chi connectivity index (χ4n) is 2.43. The van der Waals surface area contributed by atoms with E-state index in [1.165, 1.54) is 16.8 Å². The summed E-state index contributed by atoms with van der Waals surface area (Å²) in [4.78, 5) is 2.11. The van der Waals surface area contributed by atoms with Gasteiger partial charge in [0.15, 0.2) is 0 Å². The Morgan fingerprint density at radius 3 is 2.45 bits per heavy atom. The lowest BCUT2D eigenvalue weighted by molar-refractivity contribution is 0.298. The van der Waals surface area contributed by atoms with Gasteiger partial charge in [0.05, 0.1) is 6.61 Å². The van der Waals surface area contributed by atoms with Crippen molar-refractivity contribution in [2.45, 2.75) is 19.3 Å². The third kappa shape index (κ3) is 4.50. The molecule has 0 bridgehead atoms. The summed E-state index contributed by atoms with van der Waals surface area (Å²) in [6.07, 6.45) is 0.918. The molecule has 3 nitrogen and oxygen atoms in total. The first-order valence-corrected chi connectivity index (χ1v) is 7.77. The molecule has 0 saturated heterocycles. The zero-order valence-electron chi connectivity index (χ0n) is 13.8. The van der Waals surface area contributed by atoms with Crippen molar-refractivity contribution < 1.29 is 4.74 Å². The number of hydrogen-bond acceptors (Lipinski definition) is 3. The maximum atomic E-state index is 5.96. The van der Waals surface area contributed by atoms with Gasteiger partial charge in [-0.1, -0.05) is 29.8 Å². The van der Waals surface area contributed by atoms with Crippen LogP contribution in [0.15, 0.2) is 48.5 Å². The van der Waals surface area contributed by atoms with Gasteiger partial charge in [-0.25, -0.2) is 0 Å². The topological polar surface area (TPSA) is 38.5 Å². The van der Waals surface area contributed by atoms with Gasteiger partial charge >= 0.3 is 0 Å². The standard InChI is InChI=1S/C19H26N2O/c1-15-7-9-19(10-8-15)22-12-11-17(14-20)16-5-4-6-18(13-16)21(2)3/h4-10,13,17H,11-12,14,20H2,1-3H3. The molecule has 2 rings (SSSR count). The first-order valence-electron chi connectivity index (χ1n) is 7.77. The highest BCUT2D eigenvalue weighted by Gasteiger charge is 2.11. The fraction of sp³-hybridized carbons (Fsp3) is 0.368. The Kier molecular flexibility index (Phi) is 5.84. The van der Waals surface area contributed by atoms with Crippen LogP contribution in [0.3, 0.4) is 0 Å². The van der Waals surface area contributed by atoms with Crippen LogP contribution >= 0.6 is 0 Å². The maximum Gasteiger partial charge on any atom is 0.119 e. The third-order valence-electron chi connectivity index (χ3n) is 3.90. The molecule has 0 aliphatic rings. The monoisotopic (exact) mass is 298 g/mol. The van der Waals surface area contributed by atoms with E-state index >= 15 is 0 Å². The summed E-state index contributed by atoms with van der Waals surface area (Å²) in [5, 5.41) is 0. The molecule has 0 amide bonds. The average Bonchev–Trinajstić information content (AvgIpc) is 2.53. The second-order valence-electron chi connectivity index (χ2n) is 5.87. The predicted molar refractivity (Wildman–Crippen MR) is 93.9 cm³/mol. The van der Waals surface area contributed by atoms with Crippen molar-refractivity contribution in [2.75, 3.05) is 32.1 Å². The second kappa shape index (κ2) is 7.85. The predicted octanol–water partition coefficient (Wildman–Crippen LogP) is 3.57. The van der Waals surface area contributed by atoms with Crippen LogP contribution in [-0.4, -0.2) is 27.2 Å². The van der Waals surface area contributed by atoms with Gasteiger partial charge in [-0.05, 0) is 55.6 Å². The first-order chi connectivity index (χ1) is 10.6. The largest absolute Gasteiger partial charge is 0.494 e. The van der Waals surface area contributed by atoms with Gasteiger partial charge in [-0.15, -0.1) is 0 Å². The van der Waals surface area contributed by atoms with Gasteiger partial charge in [0.2, 0.25) is 0 Å². The van der Waals surface area contributed by atoms with Crippen molar-refractivity contribution in [2.24, 2.45) is 5.73 Å². The van der Waals surface area contributed by atoms with Gasteiger partial charge in [-0.2, -0.15) is 0 Å². The van der Waals surface area contributed by atoms with E-state index in [4.69, 9.17) is 10.5 Å². The van der Waals surface area contributed by atoms with Crippen LogP contribution in [-0.2, 0) is 0 Å². The summed E-state index contributed by atoms with van der Waals surface area (Å²) in [6.45, 7) is 3.39. The Labute approximate surface area is 133 Å². The van der Waals surface area contributed by atoms with Gasteiger partial charge in [0.1, 0.15) is 5.75 Å². The number of anilines is 1. The molecule has 0 saturated carbocycles. The molecule has 2 aromatic carbocycles. The number of rotatable bonds is 7. The Bertz CT molecular complexity index is 578. The highest BCUT2D eigenvalue weighted by Crippen LogP contribution is 2.23. The van der Waals surface area contributed by atoms with Crippen LogP contribution in [0.4, 0.5) is 5.69 Å². The molecule has 0 aromatic heterocycles. The highest BCUT2D eigenvalue weighted by atomic mass is 16.5. The van der Waals surface area contributed by atoms with Gasteiger partial charge < -0.3 is 15.4 Å². The van der Waals surface area contributed by atoms with Crippen LogP contribution in [0.5, 0.6) is 5.75 Å². The van der Waals surface area contributed by atoms with E-state index in [0.717, 1.165) is 12.2 Å². The Morgan fingerprint density at radius 2 is 1.82 bits per heavy atom. The van der Waals surface area contributed by atoms with E-state index in [2.05, 4.69) is 62.3 Å². The number of nitrogens with zero attached hydrogens (tertiary/aromatic N) is 1. The van der Waals surface area contributed by atoms with Gasteiger partial charge in [-0.3, -0.25) is 0 Å². The third-order valence-corrected chi connectivity index (χ3v) is 3.90. The van der Waals surface area contributed by atoms with E-state index in [1.807, 2.05) is 12.1 Å². The number of nitrogens with two attached hydrogens (primary N) is 1. The van der Waals surface area contributed by atoms with Crippen molar-refractivity contribution in [3.05, 3.63) is 59.7 Å². The molecule has 0 heterocycles. The molecule has 22 heavy (non-hydrogen) atoms. The first kappa shape index (κ1) is 16.4. The van der Waals surface area contributed by atoms with E-state index in [1.54, 1.807) is 0 Å². The summed E-state index contributed by atoms with van der Waals surface area (Å²) in [5.74, 6) is 1.24. The minimum absolute atomic E-state index is 0.324. The van der Waals surface area contributed by atoms with Crippen LogP contribution in [0.25, 0.3) is 0 Å². The molecular weight excluding hydrogens is 272 g/mol. The van der Waals surface area contributed by atoms with Crippen molar-refractivity contribution in [1.29, 1.82) is 0 Å². The van der Waals surface area contributed by atoms with Crippen molar-refractivity contribution >= 4 is 5.69 Å². The smallest absolute Gasteiger partial charge is 0.119 e. The van der Waals surface area contributed by atoms with Crippen LogP contribution in [0, 0.1) is 6.92 Å². The van der Waals surface area contributed by atoms with Crippen LogP contribution < -0.4 is 15.4 Å². The Morgan fingerprint density at radius 1 is 1.09 bits per heavy atom. The Hall–Kier alpha value is -2.00. The van der Waals surface area contributed by atoms with Gasteiger partial charge in [0, 0.05) is 19.8 Å². The molecule has 0 aliphatic heterocycles. The molecule has 0 aliphatic carbocycles. The lowest BCUT2D eigenvalue weighted by atomic mass is 9.95. The van der Waals surface area contributed by atoms with Crippen molar-refractivity contribution in [3.63, 3.8) is 0 Å². The van der Waals surface area contributed by atoms with Crippen molar-refractivity contribution in [3.8, 4) is 5.75 Å². The lowest BCUT2D eigenvalue weighted by Gasteiger charge is -2.19.